The highest BCUT2D eigenvalue weighted by Gasteiger charge is 2.28. The minimum atomic E-state index is -3.49. The van der Waals surface area contributed by atoms with Crippen molar-refractivity contribution in [3.8, 4) is 0 Å². The molecule has 3 aromatic rings. The molecule has 4 rings (SSSR count). The van der Waals surface area contributed by atoms with Crippen LogP contribution in [-0.2, 0) is 21.4 Å². The van der Waals surface area contributed by atoms with Gasteiger partial charge in [-0.1, -0.05) is 48.5 Å². The maximum atomic E-state index is 13.1. The molecule has 0 radical (unpaired) electrons. The van der Waals surface area contributed by atoms with Gasteiger partial charge in [-0.3, -0.25) is 9.10 Å². The summed E-state index contributed by atoms with van der Waals surface area (Å²) in [4.78, 5) is 15.1. The van der Waals surface area contributed by atoms with E-state index in [-0.39, 0.29) is 5.91 Å². The van der Waals surface area contributed by atoms with Gasteiger partial charge in [-0.25, -0.2) is 8.42 Å². The Morgan fingerprint density at radius 2 is 1.70 bits per heavy atom. The summed E-state index contributed by atoms with van der Waals surface area (Å²) in [5.41, 5.74) is 11.5. The molecule has 0 saturated heterocycles. The van der Waals surface area contributed by atoms with Crippen LogP contribution < -0.4 is 20.7 Å². The molecule has 1 aliphatic rings. The van der Waals surface area contributed by atoms with E-state index in [4.69, 9.17) is 5.73 Å². The van der Waals surface area contributed by atoms with Crippen LogP contribution >= 0.6 is 0 Å². The summed E-state index contributed by atoms with van der Waals surface area (Å²) >= 11 is 0. The van der Waals surface area contributed by atoms with Gasteiger partial charge in [0.25, 0.3) is 5.91 Å². The van der Waals surface area contributed by atoms with Crippen molar-refractivity contribution >= 4 is 44.3 Å². The van der Waals surface area contributed by atoms with Crippen LogP contribution in [0.4, 0.5) is 17.1 Å². The molecule has 37 heavy (non-hydrogen) atoms. The number of carbonyl (C=O) groups is 1. The number of anilines is 3. The van der Waals surface area contributed by atoms with E-state index < -0.39 is 10.0 Å². The molecular formula is C28H33N5O3S. The number of nitrogens with two attached hydrogens (primary N) is 1. The summed E-state index contributed by atoms with van der Waals surface area (Å²) in [5.74, 6) is -0.204. The van der Waals surface area contributed by atoms with Gasteiger partial charge in [0.1, 0.15) is 0 Å². The summed E-state index contributed by atoms with van der Waals surface area (Å²) in [6, 6.07) is 22.5. The number of benzene rings is 3. The van der Waals surface area contributed by atoms with Crippen molar-refractivity contribution in [2.24, 2.45) is 5.73 Å². The maximum Gasteiger partial charge on any atom is 0.258 e. The van der Waals surface area contributed by atoms with Gasteiger partial charge in [0.05, 0.1) is 23.2 Å². The van der Waals surface area contributed by atoms with Crippen LogP contribution in [0.2, 0.25) is 0 Å². The van der Waals surface area contributed by atoms with Gasteiger partial charge in [0, 0.05) is 30.0 Å². The van der Waals surface area contributed by atoms with E-state index in [9.17, 15) is 13.2 Å². The number of sulfonamides is 1. The van der Waals surface area contributed by atoms with Crippen LogP contribution in [0.1, 0.15) is 23.1 Å². The zero-order valence-corrected chi connectivity index (χ0v) is 22.2. The second-order valence-corrected chi connectivity index (χ2v) is 11.2. The number of hydrogen-bond donors (Lipinski definition) is 3. The van der Waals surface area contributed by atoms with E-state index >= 15 is 0 Å². The normalized spacial score (nSPS) is 14.4. The van der Waals surface area contributed by atoms with Gasteiger partial charge in [-0.15, -0.1) is 0 Å². The molecule has 0 saturated carbocycles. The molecule has 3 aromatic carbocycles. The molecule has 0 fully saturated rings. The lowest BCUT2D eigenvalue weighted by Crippen LogP contribution is -2.32. The second-order valence-electron chi connectivity index (χ2n) is 9.32. The van der Waals surface area contributed by atoms with Crippen molar-refractivity contribution in [1.82, 2.24) is 4.90 Å². The highest BCUT2D eigenvalue weighted by molar-refractivity contribution is 7.92. The Morgan fingerprint density at radius 3 is 2.38 bits per heavy atom. The lowest BCUT2D eigenvalue weighted by Gasteiger charge is -2.24. The Balaban J connectivity index is 1.76. The number of carbonyl (C=O) groups excluding carboxylic acids is 1. The minimum Gasteiger partial charge on any atom is -0.354 e. The van der Waals surface area contributed by atoms with Crippen molar-refractivity contribution in [2.45, 2.75) is 13.0 Å². The van der Waals surface area contributed by atoms with Crippen LogP contribution in [0.5, 0.6) is 0 Å². The Bertz CT molecular complexity index is 1420. The molecule has 1 heterocycles. The Kier molecular flexibility index (Phi) is 7.97. The van der Waals surface area contributed by atoms with Crippen LogP contribution in [0, 0.1) is 0 Å². The number of nitrogens with zero attached hydrogens (tertiary/aromatic N) is 2. The summed E-state index contributed by atoms with van der Waals surface area (Å²) in [5, 5.41) is 6.36. The monoisotopic (exact) mass is 519 g/mol. The molecule has 9 heteroatoms. The molecule has 1 aliphatic heterocycles. The fraction of sp³-hybridized carbons (Fsp3) is 0.250. The molecule has 1 amide bonds. The van der Waals surface area contributed by atoms with Crippen molar-refractivity contribution in [2.75, 3.05) is 48.4 Å². The fourth-order valence-corrected chi connectivity index (χ4v) is 5.31. The van der Waals surface area contributed by atoms with Gasteiger partial charge in [-0.2, -0.15) is 0 Å². The first-order chi connectivity index (χ1) is 17.7. The first kappa shape index (κ1) is 26.4. The smallest absolute Gasteiger partial charge is 0.258 e. The molecule has 4 N–H and O–H groups in total. The number of para-hydroxylation sites is 1. The largest absolute Gasteiger partial charge is 0.354 e. The predicted octanol–water partition coefficient (Wildman–Crippen LogP) is 3.80. The topological polar surface area (TPSA) is 108 Å². The Hall–Kier alpha value is -3.66. The van der Waals surface area contributed by atoms with Gasteiger partial charge in [0.2, 0.25) is 10.0 Å². The first-order valence-electron chi connectivity index (χ1n) is 12.1. The van der Waals surface area contributed by atoms with Crippen molar-refractivity contribution in [3.05, 3.63) is 89.5 Å². The molecule has 0 unspecified atom stereocenters. The van der Waals surface area contributed by atoms with Crippen LogP contribution in [0.15, 0.2) is 72.8 Å². The van der Waals surface area contributed by atoms with Gasteiger partial charge >= 0.3 is 0 Å². The molecular weight excluding hydrogens is 486 g/mol. The zero-order valence-electron chi connectivity index (χ0n) is 21.4. The third-order valence-corrected chi connectivity index (χ3v) is 7.36. The third-order valence-electron chi connectivity index (χ3n) is 6.17. The van der Waals surface area contributed by atoms with Crippen molar-refractivity contribution in [3.63, 3.8) is 0 Å². The lowest BCUT2D eigenvalue weighted by atomic mass is 9.99. The van der Waals surface area contributed by atoms with E-state index in [1.54, 1.807) is 12.1 Å². The van der Waals surface area contributed by atoms with E-state index in [0.29, 0.717) is 42.2 Å². The Morgan fingerprint density at radius 1 is 0.973 bits per heavy atom. The minimum absolute atomic E-state index is 0.204. The summed E-state index contributed by atoms with van der Waals surface area (Å²) in [6.07, 6.45) is 1.91. The summed E-state index contributed by atoms with van der Waals surface area (Å²) < 4.78 is 26.7. The summed E-state index contributed by atoms with van der Waals surface area (Å²) in [7, 11) is 0.434. The van der Waals surface area contributed by atoms with Crippen molar-refractivity contribution < 1.29 is 13.2 Å². The summed E-state index contributed by atoms with van der Waals surface area (Å²) in [6.45, 7) is 1.55. The lowest BCUT2D eigenvalue weighted by molar-refractivity contribution is -0.110. The molecule has 194 valence electrons. The van der Waals surface area contributed by atoms with Crippen LogP contribution in [-0.4, -0.2) is 52.7 Å². The quantitative estimate of drug-likeness (QED) is 0.352. The maximum absolute atomic E-state index is 13.1. The van der Waals surface area contributed by atoms with E-state index in [2.05, 4.69) is 10.6 Å². The van der Waals surface area contributed by atoms with Crippen LogP contribution in [0.25, 0.3) is 11.3 Å². The molecule has 0 atom stereocenters. The molecule has 0 spiro atoms. The van der Waals surface area contributed by atoms with E-state index in [0.717, 1.165) is 28.9 Å². The molecule has 0 aliphatic carbocycles. The number of amides is 1. The van der Waals surface area contributed by atoms with Crippen LogP contribution in [0.3, 0.4) is 0 Å². The number of rotatable bonds is 10. The van der Waals surface area contributed by atoms with E-state index in [1.807, 2.05) is 79.7 Å². The fourth-order valence-electron chi connectivity index (χ4n) is 4.35. The van der Waals surface area contributed by atoms with E-state index in [1.165, 1.54) is 10.6 Å². The Labute approximate surface area is 218 Å². The number of hydrogen-bond acceptors (Lipinski definition) is 6. The highest BCUT2D eigenvalue weighted by Crippen LogP contribution is 2.37. The SMILES string of the molecule is CN(C)CCCN(c1cccc(NC(=C2C(=O)Nc3ccccc32)c2ccc(CN)cc2)c1)S(C)(=O)=O. The molecule has 0 bridgehead atoms. The second kappa shape index (κ2) is 11.2. The van der Waals surface area contributed by atoms with Gasteiger partial charge in [-0.05, 0) is 62.5 Å². The molecule has 8 nitrogen and oxygen atoms in total. The number of nitrogens with one attached hydrogen (secondary N) is 2. The average molecular weight is 520 g/mol. The average Bonchev–Trinajstić information content (AvgIpc) is 3.20. The van der Waals surface area contributed by atoms with Crippen molar-refractivity contribution in [1.29, 1.82) is 0 Å². The molecule has 0 aromatic heterocycles. The number of fused-ring (bicyclic) bond motifs is 1. The highest BCUT2D eigenvalue weighted by atomic mass is 32.2. The first-order valence-corrected chi connectivity index (χ1v) is 14.0. The van der Waals surface area contributed by atoms with Gasteiger partial charge < -0.3 is 21.3 Å². The zero-order chi connectivity index (χ0) is 26.6. The third kappa shape index (κ3) is 6.19. The standard InChI is InChI=1S/C28H33N5O3S/c1-32(2)16-7-17-33(37(3,35)36)23-9-6-8-22(18-23)30-27(21-14-12-20(19-29)13-15-21)26-24-10-4-5-11-25(24)31-28(26)34/h4-6,8-15,18,30H,7,16-17,19,29H2,1-3H3,(H,31,34). The predicted molar refractivity (Wildman–Crippen MR) is 152 cm³/mol. The van der Waals surface area contributed by atoms with Gasteiger partial charge in [0.15, 0.2) is 0 Å².